The summed E-state index contributed by atoms with van der Waals surface area (Å²) in [5.74, 6) is -1.81. The Balaban J connectivity index is 1.77. The van der Waals surface area contributed by atoms with Crippen molar-refractivity contribution in [1.29, 1.82) is 0 Å². The summed E-state index contributed by atoms with van der Waals surface area (Å²) in [6.45, 7) is 5.12. The number of benzene rings is 2. The molecule has 1 atom stereocenters. The molecule has 142 valence electrons. The Labute approximate surface area is 155 Å². The van der Waals surface area contributed by atoms with Gasteiger partial charge >= 0.3 is 6.03 Å². The number of hydrogen-bond acceptors (Lipinski definition) is 3. The van der Waals surface area contributed by atoms with Crippen molar-refractivity contribution in [3.05, 3.63) is 64.7 Å². The summed E-state index contributed by atoms with van der Waals surface area (Å²) in [5, 5.41) is 2.40. The van der Waals surface area contributed by atoms with E-state index < -0.39 is 34.7 Å². The van der Waals surface area contributed by atoms with Gasteiger partial charge in [0.15, 0.2) is 0 Å². The van der Waals surface area contributed by atoms with Crippen LogP contribution in [-0.4, -0.2) is 30.0 Å². The maximum atomic E-state index is 14.2. The van der Waals surface area contributed by atoms with E-state index in [2.05, 4.69) is 5.32 Å². The second-order valence-corrected chi connectivity index (χ2v) is 6.68. The number of nitrogens with one attached hydrogen (secondary N) is 1. The fourth-order valence-corrected chi connectivity index (χ4v) is 3.31. The van der Waals surface area contributed by atoms with E-state index in [1.165, 1.54) is 13.0 Å². The summed E-state index contributed by atoms with van der Waals surface area (Å²) in [6.07, 6.45) is 0. The number of nitrogens with zero attached hydrogens (tertiary/aromatic N) is 1. The van der Waals surface area contributed by atoms with Crippen LogP contribution in [0.2, 0.25) is 0 Å². The number of para-hydroxylation sites is 1. The van der Waals surface area contributed by atoms with Gasteiger partial charge in [-0.15, -0.1) is 0 Å². The van der Waals surface area contributed by atoms with Crippen molar-refractivity contribution in [1.82, 2.24) is 10.2 Å². The second-order valence-electron chi connectivity index (χ2n) is 6.68. The molecule has 3 amide bonds. The van der Waals surface area contributed by atoms with Crippen LogP contribution in [0.15, 0.2) is 36.4 Å². The Morgan fingerprint density at radius 3 is 2.19 bits per heavy atom. The van der Waals surface area contributed by atoms with E-state index in [0.717, 1.165) is 28.2 Å². The minimum atomic E-state index is -1.80. The average molecular weight is 374 g/mol. The number of imide groups is 1. The van der Waals surface area contributed by atoms with Crippen molar-refractivity contribution in [2.45, 2.75) is 26.3 Å². The molecule has 0 aromatic heterocycles. The van der Waals surface area contributed by atoms with E-state index >= 15 is 0 Å². The van der Waals surface area contributed by atoms with Gasteiger partial charge < -0.3 is 10.1 Å². The number of carbonyl (C=O) groups excluding carboxylic acids is 2. The number of aryl methyl sites for hydroxylation is 2. The Bertz CT molecular complexity index is 876. The molecule has 0 bridgehead atoms. The summed E-state index contributed by atoms with van der Waals surface area (Å²) in [5.41, 5.74) is -0.400. The Morgan fingerprint density at radius 2 is 1.59 bits per heavy atom. The van der Waals surface area contributed by atoms with Crippen molar-refractivity contribution >= 4 is 11.9 Å². The normalized spacial score (nSPS) is 19.4. The number of urea groups is 1. The minimum Gasteiger partial charge on any atom is -0.491 e. The van der Waals surface area contributed by atoms with Gasteiger partial charge in [0.1, 0.15) is 29.5 Å². The van der Waals surface area contributed by atoms with Crippen LogP contribution >= 0.6 is 0 Å². The Hall–Kier alpha value is -2.96. The molecule has 2 aromatic carbocycles. The molecule has 5 nitrogen and oxygen atoms in total. The SMILES string of the molecule is Cc1cccc(C)c1OCCN1C(=O)N[C@](C)(c2c(F)cccc2F)C1=O. The van der Waals surface area contributed by atoms with Gasteiger partial charge in [-0.3, -0.25) is 9.69 Å². The molecule has 1 saturated heterocycles. The van der Waals surface area contributed by atoms with Gasteiger partial charge in [-0.05, 0) is 44.0 Å². The van der Waals surface area contributed by atoms with Gasteiger partial charge in [0.2, 0.25) is 0 Å². The molecule has 0 unspecified atom stereocenters. The quantitative estimate of drug-likeness (QED) is 0.816. The van der Waals surface area contributed by atoms with Crippen LogP contribution in [-0.2, 0) is 10.3 Å². The molecular weight excluding hydrogens is 354 g/mol. The maximum Gasteiger partial charge on any atom is 0.325 e. The highest BCUT2D eigenvalue weighted by Gasteiger charge is 2.51. The average Bonchev–Trinajstić information content (AvgIpc) is 2.80. The van der Waals surface area contributed by atoms with Crippen LogP contribution in [0.3, 0.4) is 0 Å². The zero-order chi connectivity index (χ0) is 19.8. The lowest BCUT2D eigenvalue weighted by molar-refractivity contribution is -0.131. The zero-order valence-corrected chi connectivity index (χ0v) is 15.3. The summed E-state index contributed by atoms with van der Waals surface area (Å²) in [6, 6.07) is 8.29. The number of amides is 3. The van der Waals surface area contributed by atoms with E-state index in [1.54, 1.807) is 0 Å². The predicted molar refractivity (Wildman–Crippen MR) is 95.4 cm³/mol. The molecule has 7 heteroatoms. The first kappa shape index (κ1) is 18.8. The lowest BCUT2D eigenvalue weighted by atomic mass is 9.91. The van der Waals surface area contributed by atoms with Crippen molar-refractivity contribution in [3.63, 3.8) is 0 Å². The van der Waals surface area contributed by atoms with Crippen LogP contribution in [0.25, 0.3) is 0 Å². The largest absolute Gasteiger partial charge is 0.491 e. The third-order valence-electron chi connectivity index (χ3n) is 4.71. The Morgan fingerprint density at radius 1 is 1.04 bits per heavy atom. The number of carbonyl (C=O) groups is 2. The molecule has 1 fully saturated rings. The van der Waals surface area contributed by atoms with Crippen molar-refractivity contribution in [3.8, 4) is 5.75 Å². The first-order valence-corrected chi connectivity index (χ1v) is 8.53. The molecule has 2 aromatic rings. The minimum absolute atomic E-state index is 0.0376. The summed E-state index contributed by atoms with van der Waals surface area (Å²) in [4.78, 5) is 26.0. The van der Waals surface area contributed by atoms with Gasteiger partial charge in [-0.2, -0.15) is 0 Å². The zero-order valence-electron chi connectivity index (χ0n) is 15.3. The molecule has 1 heterocycles. The van der Waals surface area contributed by atoms with Crippen LogP contribution in [0, 0.1) is 25.5 Å². The van der Waals surface area contributed by atoms with E-state index in [0.29, 0.717) is 5.75 Å². The summed E-state index contributed by atoms with van der Waals surface area (Å²) in [7, 11) is 0. The smallest absolute Gasteiger partial charge is 0.325 e. The number of ether oxygens (including phenoxy) is 1. The lowest BCUT2D eigenvalue weighted by Gasteiger charge is -2.23. The van der Waals surface area contributed by atoms with Crippen molar-refractivity contribution in [2.75, 3.05) is 13.2 Å². The number of halogens is 2. The summed E-state index contributed by atoms with van der Waals surface area (Å²) < 4.78 is 34.0. The molecule has 1 N–H and O–H groups in total. The lowest BCUT2D eigenvalue weighted by Crippen LogP contribution is -2.43. The van der Waals surface area contributed by atoms with E-state index in [4.69, 9.17) is 4.74 Å². The molecular formula is C20H20F2N2O3. The van der Waals surface area contributed by atoms with Crippen molar-refractivity contribution < 1.29 is 23.1 Å². The maximum absolute atomic E-state index is 14.2. The third kappa shape index (κ3) is 3.25. The van der Waals surface area contributed by atoms with Gasteiger partial charge in [0.25, 0.3) is 5.91 Å². The van der Waals surface area contributed by atoms with Gasteiger partial charge in [-0.25, -0.2) is 13.6 Å². The fraction of sp³-hybridized carbons (Fsp3) is 0.300. The highest BCUT2D eigenvalue weighted by atomic mass is 19.1. The standard InChI is InChI=1S/C20H20F2N2O3/c1-12-6-4-7-13(2)17(12)27-11-10-24-18(25)20(3,23-19(24)26)16-14(21)8-5-9-15(16)22/h4-9H,10-11H2,1-3H3,(H,23,26)/t20-/m1/s1. The highest BCUT2D eigenvalue weighted by molar-refractivity contribution is 6.07. The first-order valence-electron chi connectivity index (χ1n) is 8.53. The van der Waals surface area contributed by atoms with Gasteiger partial charge in [0, 0.05) is 0 Å². The molecule has 27 heavy (non-hydrogen) atoms. The Kier molecular flexibility index (Phi) is 4.87. The van der Waals surface area contributed by atoms with Crippen LogP contribution in [0.4, 0.5) is 13.6 Å². The van der Waals surface area contributed by atoms with Crippen LogP contribution in [0.1, 0.15) is 23.6 Å². The molecule has 0 radical (unpaired) electrons. The molecule has 1 aliphatic heterocycles. The number of hydrogen-bond donors (Lipinski definition) is 1. The van der Waals surface area contributed by atoms with Crippen molar-refractivity contribution in [2.24, 2.45) is 0 Å². The molecule has 0 aliphatic carbocycles. The second kappa shape index (κ2) is 6.98. The molecule has 0 saturated carbocycles. The first-order chi connectivity index (χ1) is 12.8. The highest BCUT2D eigenvalue weighted by Crippen LogP contribution is 2.32. The monoisotopic (exact) mass is 374 g/mol. The van der Waals surface area contributed by atoms with Crippen LogP contribution in [0.5, 0.6) is 5.75 Å². The topological polar surface area (TPSA) is 58.6 Å². The van der Waals surface area contributed by atoms with Gasteiger partial charge in [0.05, 0.1) is 12.1 Å². The fourth-order valence-electron chi connectivity index (χ4n) is 3.31. The summed E-state index contributed by atoms with van der Waals surface area (Å²) >= 11 is 0. The molecule has 1 aliphatic rings. The van der Waals surface area contributed by atoms with E-state index in [1.807, 2.05) is 32.0 Å². The third-order valence-corrected chi connectivity index (χ3v) is 4.71. The molecule has 3 rings (SSSR count). The predicted octanol–water partition coefficient (Wildman–Crippen LogP) is 3.43. The van der Waals surface area contributed by atoms with Gasteiger partial charge in [-0.1, -0.05) is 24.3 Å². The van der Waals surface area contributed by atoms with Crippen LogP contribution < -0.4 is 10.1 Å². The molecule has 0 spiro atoms. The number of rotatable bonds is 5. The van der Waals surface area contributed by atoms with E-state index in [9.17, 15) is 18.4 Å². The van der Waals surface area contributed by atoms with E-state index in [-0.39, 0.29) is 13.2 Å².